The van der Waals surface area contributed by atoms with E-state index in [1.807, 2.05) is 0 Å². The Morgan fingerprint density at radius 1 is 1.40 bits per heavy atom. The zero-order valence-electron chi connectivity index (χ0n) is 8.00. The highest BCUT2D eigenvalue weighted by molar-refractivity contribution is 6.36. The van der Waals surface area contributed by atoms with Crippen molar-refractivity contribution in [3.05, 3.63) is 33.8 Å². The highest BCUT2D eigenvalue weighted by atomic mass is 35.5. The van der Waals surface area contributed by atoms with E-state index >= 15 is 0 Å². The number of rotatable bonds is 3. The Labute approximate surface area is 97.2 Å². The number of carboxylic acid groups (broad SMARTS) is 1. The van der Waals surface area contributed by atoms with E-state index in [4.69, 9.17) is 28.3 Å². The maximum atomic E-state index is 10.7. The number of hydrogen-bond acceptors (Lipinski definition) is 2. The van der Waals surface area contributed by atoms with Crippen LogP contribution in [0.4, 0.5) is 0 Å². The normalized spacial score (nSPS) is 14.7. The molecule has 0 bridgehead atoms. The van der Waals surface area contributed by atoms with E-state index in [0.717, 1.165) is 0 Å². The Hall–Kier alpha value is -0.770. The molecule has 1 unspecified atom stereocenters. The van der Waals surface area contributed by atoms with Crippen molar-refractivity contribution < 1.29 is 15.0 Å². The molecule has 15 heavy (non-hydrogen) atoms. The van der Waals surface area contributed by atoms with Crippen LogP contribution in [0.1, 0.15) is 12.5 Å². The lowest BCUT2D eigenvalue weighted by atomic mass is 9.97. The average molecular weight is 249 g/mol. The second-order valence-electron chi connectivity index (χ2n) is 3.46. The highest BCUT2D eigenvalue weighted by Crippen LogP contribution is 2.28. The number of carboxylic acids is 1. The van der Waals surface area contributed by atoms with E-state index in [1.165, 1.54) is 6.92 Å². The monoisotopic (exact) mass is 248 g/mol. The van der Waals surface area contributed by atoms with Gasteiger partial charge in [-0.3, -0.25) is 0 Å². The Bertz CT molecular complexity index is 368. The molecule has 5 heteroatoms. The summed E-state index contributed by atoms with van der Waals surface area (Å²) in [6.45, 7) is 1.20. The van der Waals surface area contributed by atoms with E-state index < -0.39 is 11.6 Å². The lowest BCUT2D eigenvalue weighted by Gasteiger charge is -2.19. The first-order chi connectivity index (χ1) is 6.84. The molecule has 0 amide bonds. The fourth-order valence-corrected chi connectivity index (χ4v) is 1.65. The van der Waals surface area contributed by atoms with Gasteiger partial charge in [-0.05, 0) is 24.6 Å². The second-order valence-corrected chi connectivity index (χ2v) is 4.27. The van der Waals surface area contributed by atoms with Crippen LogP contribution < -0.4 is 0 Å². The number of benzene rings is 1. The molecule has 1 atom stereocenters. The number of hydrogen-bond donors (Lipinski definition) is 2. The molecule has 0 aliphatic rings. The molecule has 0 aliphatic carbocycles. The summed E-state index contributed by atoms with van der Waals surface area (Å²) in [5, 5.41) is 19.0. The summed E-state index contributed by atoms with van der Waals surface area (Å²) in [6.07, 6.45) is -0.124. The van der Waals surface area contributed by atoms with Crippen LogP contribution >= 0.6 is 23.2 Å². The third kappa shape index (κ3) is 2.84. The number of aliphatic hydroxyl groups is 1. The molecule has 2 N–H and O–H groups in total. The third-order valence-electron chi connectivity index (χ3n) is 2.04. The molecular weight excluding hydrogens is 239 g/mol. The lowest BCUT2D eigenvalue weighted by Crippen LogP contribution is -2.37. The quantitative estimate of drug-likeness (QED) is 0.864. The predicted molar refractivity (Wildman–Crippen MR) is 58.4 cm³/mol. The molecule has 0 aliphatic heterocycles. The summed E-state index contributed by atoms with van der Waals surface area (Å²) in [4.78, 5) is 10.7. The maximum absolute atomic E-state index is 10.7. The predicted octanol–water partition coefficient (Wildman–Crippen LogP) is 2.37. The first-order valence-electron chi connectivity index (χ1n) is 4.23. The van der Waals surface area contributed by atoms with E-state index in [1.54, 1.807) is 18.2 Å². The Morgan fingerprint density at radius 2 is 1.87 bits per heavy atom. The topological polar surface area (TPSA) is 57.5 Å². The molecule has 1 aromatic rings. The molecule has 0 saturated carbocycles. The summed E-state index contributed by atoms with van der Waals surface area (Å²) < 4.78 is 0. The SMILES string of the molecule is CC(O)(Cc1c(Cl)cccc1Cl)C(=O)O. The van der Waals surface area contributed by atoms with Crippen molar-refractivity contribution in [2.24, 2.45) is 0 Å². The Balaban J connectivity index is 3.04. The van der Waals surface area contributed by atoms with Gasteiger partial charge >= 0.3 is 5.97 Å². The molecule has 1 aromatic carbocycles. The highest BCUT2D eigenvalue weighted by Gasteiger charge is 2.31. The Kier molecular flexibility index (Phi) is 3.60. The molecular formula is C10H10Cl2O3. The van der Waals surface area contributed by atoms with E-state index in [0.29, 0.717) is 15.6 Å². The second kappa shape index (κ2) is 4.39. The van der Waals surface area contributed by atoms with Gasteiger partial charge in [-0.15, -0.1) is 0 Å². The van der Waals surface area contributed by atoms with Crippen LogP contribution in [-0.4, -0.2) is 21.8 Å². The van der Waals surface area contributed by atoms with Crippen molar-refractivity contribution in [1.29, 1.82) is 0 Å². The molecule has 0 fully saturated rings. The largest absolute Gasteiger partial charge is 0.479 e. The van der Waals surface area contributed by atoms with Crippen LogP contribution in [0.3, 0.4) is 0 Å². The fraction of sp³-hybridized carbons (Fsp3) is 0.300. The van der Waals surface area contributed by atoms with Gasteiger partial charge in [0.1, 0.15) is 0 Å². The molecule has 82 valence electrons. The maximum Gasteiger partial charge on any atom is 0.335 e. The first kappa shape index (κ1) is 12.3. The van der Waals surface area contributed by atoms with Crippen molar-refractivity contribution in [2.75, 3.05) is 0 Å². The molecule has 0 saturated heterocycles. The van der Waals surface area contributed by atoms with Gasteiger partial charge in [-0.25, -0.2) is 4.79 Å². The minimum atomic E-state index is -1.87. The van der Waals surface area contributed by atoms with Crippen LogP contribution in [0.25, 0.3) is 0 Å². The minimum Gasteiger partial charge on any atom is -0.479 e. The summed E-state index contributed by atoms with van der Waals surface area (Å²) in [5.41, 5.74) is -1.43. The van der Waals surface area contributed by atoms with Crippen LogP contribution in [-0.2, 0) is 11.2 Å². The van der Waals surface area contributed by atoms with Crippen molar-refractivity contribution in [3.8, 4) is 0 Å². The summed E-state index contributed by atoms with van der Waals surface area (Å²) in [7, 11) is 0. The van der Waals surface area contributed by atoms with E-state index in [2.05, 4.69) is 0 Å². The van der Waals surface area contributed by atoms with Gasteiger partial charge in [0.05, 0.1) is 0 Å². The first-order valence-corrected chi connectivity index (χ1v) is 4.99. The number of carbonyl (C=O) groups is 1. The van der Waals surface area contributed by atoms with Gasteiger partial charge in [0.2, 0.25) is 0 Å². The van der Waals surface area contributed by atoms with Gasteiger partial charge in [-0.1, -0.05) is 29.3 Å². The lowest BCUT2D eigenvalue weighted by molar-refractivity contribution is -0.156. The van der Waals surface area contributed by atoms with E-state index in [-0.39, 0.29) is 6.42 Å². The zero-order chi connectivity index (χ0) is 11.6. The smallest absolute Gasteiger partial charge is 0.335 e. The van der Waals surface area contributed by atoms with Gasteiger partial charge < -0.3 is 10.2 Å². The van der Waals surface area contributed by atoms with E-state index in [9.17, 15) is 9.90 Å². The summed E-state index contributed by atoms with van der Waals surface area (Å²) >= 11 is 11.7. The van der Waals surface area contributed by atoms with Crippen molar-refractivity contribution >= 4 is 29.2 Å². The summed E-state index contributed by atoms with van der Waals surface area (Å²) in [6, 6.07) is 4.85. The van der Waals surface area contributed by atoms with Crippen LogP contribution in [0.15, 0.2) is 18.2 Å². The molecule has 1 rings (SSSR count). The molecule has 0 aromatic heterocycles. The molecule has 0 spiro atoms. The molecule has 3 nitrogen and oxygen atoms in total. The van der Waals surface area contributed by atoms with Gasteiger partial charge in [-0.2, -0.15) is 0 Å². The number of aliphatic carboxylic acids is 1. The van der Waals surface area contributed by atoms with Crippen molar-refractivity contribution in [3.63, 3.8) is 0 Å². The van der Waals surface area contributed by atoms with Crippen molar-refractivity contribution in [1.82, 2.24) is 0 Å². The third-order valence-corrected chi connectivity index (χ3v) is 2.75. The van der Waals surface area contributed by atoms with Gasteiger partial charge in [0, 0.05) is 16.5 Å². The van der Waals surface area contributed by atoms with Crippen molar-refractivity contribution in [2.45, 2.75) is 18.9 Å². The Morgan fingerprint density at radius 3 is 2.27 bits per heavy atom. The molecule has 0 heterocycles. The van der Waals surface area contributed by atoms with Crippen LogP contribution in [0.2, 0.25) is 10.0 Å². The standard InChI is InChI=1S/C10H10Cl2O3/c1-10(15,9(13)14)5-6-7(11)3-2-4-8(6)12/h2-4,15H,5H2,1H3,(H,13,14). The fourth-order valence-electron chi connectivity index (χ4n) is 1.12. The van der Waals surface area contributed by atoms with Gasteiger partial charge in [0.15, 0.2) is 5.60 Å². The minimum absolute atomic E-state index is 0.124. The zero-order valence-corrected chi connectivity index (χ0v) is 9.51. The van der Waals surface area contributed by atoms with Crippen LogP contribution in [0.5, 0.6) is 0 Å². The number of halogens is 2. The summed E-state index contributed by atoms with van der Waals surface area (Å²) in [5.74, 6) is -1.31. The van der Waals surface area contributed by atoms with Gasteiger partial charge in [0.25, 0.3) is 0 Å². The van der Waals surface area contributed by atoms with Crippen LogP contribution in [0, 0.1) is 0 Å². The molecule has 0 radical (unpaired) electrons. The average Bonchev–Trinajstić information content (AvgIpc) is 2.11.